The second-order valence-corrected chi connectivity index (χ2v) is 5.74. The van der Waals surface area contributed by atoms with Crippen molar-refractivity contribution in [1.29, 1.82) is 0 Å². The van der Waals surface area contributed by atoms with Crippen LogP contribution in [0.1, 0.15) is 16.5 Å². The quantitative estimate of drug-likeness (QED) is 0.887. The third-order valence-corrected chi connectivity index (χ3v) is 4.45. The molecule has 0 saturated heterocycles. The van der Waals surface area contributed by atoms with E-state index in [0.717, 1.165) is 14.9 Å². The molecule has 1 aromatic heterocycles. The molecule has 1 aromatic carbocycles. The Morgan fingerprint density at radius 1 is 1.38 bits per heavy atom. The number of aliphatic hydroxyl groups excluding tert-OH is 1. The average molecular weight is 318 g/mol. The average Bonchev–Trinajstić information content (AvgIpc) is 2.68. The lowest BCUT2D eigenvalue weighted by Crippen LogP contribution is -1.99. The van der Waals surface area contributed by atoms with Gasteiger partial charge in [0.2, 0.25) is 0 Å². The molecule has 1 N–H and O–H groups in total. The molecule has 0 fully saturated rings. The summed E-state index contributed by atoms with van der Waals surface area (Å²) in [4.78, 5) is 0.951. The first-order valence-electron chi connectivity index (χ1n) is 4.82. The van der Waals surface area contributed by atoms with E-state index >= 15 is 0 Å². The Bertz CT molecular complexity index is 483. The van der Waals surface area contributed by atoms with Gasteiger partial charge in [0.05, 0.1) is 6.10 Å². The maximum Gasteiger partial charge on any atom is 0.0923 e. The van der Waals surface area contributed by atoms with E-state index < -0.39 is 6.10 Å². The number of hydrogen-bond acceptors (Lipinski definition) is 2. The van der Waals surface area contributed by atoms with Crippen molar-refractivity contribution in [3.05, 3.63) is 55.6 Å². The zero-order valence-corrected chi connectivity index (χ0v) is 11.5. The number of halogens is 2. The van der Waals surface area contributed by atoms with Crippen molar-refractivity contribution in [2.24, 2.45) is 0 Å². The lowest BCUT2D eigenvalue weighted by atomic mass is 10.1. The third-order valence-electron chi connectivity index (χ3n) is 2.29. The molecule has 0 amide bonds. The van der Waals surface area contributed by atoms with Gasteiger partial charge in [-0.2, -0.15) is 0 Å². The van der Waals surface area contributed by atoms with Crippen LogP contribution in [-0.2, 0) is 6.42 Å². The Morgan fingerprint density at radius 2 is 2.12 bits per heavy atom. The molecule has 0 bridgehead atoms. The molecule has 1 heterocycles. The zero-order valence-electron chi connectivity index (χ0n) is 8.36. The Kier molecular flexibility index (Phi) is 4.03. The fraction of sp³-hybridized carbons (Fsp3) is 0.167. The molecule has 1 unspecified atom stereocenters. The summed E-state index contributed by atoms with van der Waals surface area (Å²) in [5, 5.41) is 12.7. The molecule has 0 radical (unpaired) electrons. The van der Waals surface area contributed by atoms with E-state index in [1.54, 1.807) is 11.3 Å². The van der Waals surface area contributed by atoms with Gasteiger partial charge < -0.3 is 5.11 Å². The normalized spacial score (nSPS) is 12.7. The van der Waals surface area contributed by atoms with Gasteiger partial charge in [0.15, 0.2) is 0 Å². The molecular formula is C12H10BrClOS. The van der Waals surface area contributed by atoms with Crippen molar-refractivity contribution < 1.29 is 5.11 Å². The second kappa shape index (κ2) is 5.32. The standard InChI is InChI=1S/C12H10BrClOS/c13-9-6-12(16-7-9)11(15)5-8-3-1-2-4-10(8)14/h1-4,6-7,11,15H,5H2. The molecule has 4 heteroatoms. The highest BCUT2D eigenvalue weighted by molar-refractivity contribution is 9.10. The molecule has 84 valence electrons. The lowest BCUT2D eigenvalue weighted by Gasteiger charge is -2.09. The number of aliphatic hydroxyl groups is 1. The Morgan fingerprint density at radius 3 is 2.75 bits per heavy atom. The van der Waals surface area contributed by atoms with E-state index in [4.69, 9.17) is 11.6 Å². The van der Waals surface area contributed by atoms with Crippen LogP contribution in [0.15, 0.2) is 40.2 Å². The minimum Gasteiger partial charge on any atom is -0.387 e. The fourth-order valence-corrected chi connectivity index (χ4v) is 3.12. The first-order valence-corrected chi connectivity index (χ1v) is 6.87. The molecule has 1 atom stereocenters. The van der Waals surface area contributed by atoms with Crippen LogP contribution >= 0.6 is 38.9 Å². The summed E-state index contributed by atoms with van der Waals surface area (Å²) in [7, 11) is 0. The van der Waals surface area contributed by atoms with Crippen LogP contribution in [0.5, 0.6) is 0 Å². The van der Waals surface area contributed by atoms with Crippen LogP contribution in [0.2, 0.25) is 5.02 Å². The Hall–Kier alpha value is -0.350. The van der Waals surface area contributed by atoms with E-state index in [-0.39, 0.29) is 0 Å². The van der Waals surface area contributed by atoms with E-state index in [2.05, 4.69) is 15.9 Å². The molecule has 1 nitrogen and oxygen atoms in total. The van der Waals surface area contributed by atoms with Crippen LogP contribution in [0.25, 0.3) is 0 Å². The molecule has 0 spiro atoms. The summed E-state index contributed by atoms with van der Waals surface area (Å²) < 4.78 is 1.01. The van der Waals surface area contributed by atoms with Crippen LogP contribution < -0.4 is 0 Å². The van der Waals surface area contributed by atoms with Crippen LogP contribution in [-0.4, -0.2) is 5.11 Å². The van der Waals surface area contributed by atoms with Gasteiger partial charge in [0, 0.05) is 26.2 Å². The summed E-state index contributed by atoms with van der Waals surface area (Å²) in [6, 6.07) is 9.53. The highest BCUT2D eigenvalue weighted by Crippen LogP contribution is 2.29. The van der Waals surface area contributed by atoms with Gasteiger partial charge in [0.1, 0.15) is 0 Å². The van der Waals surface area contributed by atoms with Gasteiger partial charge in [-0.25, -0.2) is 0 Å². The largest absolute Gasteiger partial charge is 0.387 e. The number of benzene rings is 1. The Labute approximate surface area is 112 Å². The maximum atomic E-state index is 10.0. The predicted molar refractivity (Wildman–Crippen MR) is 72.1 cm³/mol. The summed E-state index contributed by atoms with van der Waals surface area (Å²) in [5.41, 5.74) is 0.973. The highest BCUT2D eigenvalue weighted by atomic mass is 79.9. The van der Waals surface area contributed by atoms with Crippen LogP contribution in [0, 0.1) is 0 Å². The molecule has 2 aromatic rings. The first-order chi connectivity index (χ1) is 7.66. The van der Waals surface area contributed by atoms with Gasteiger partial charge in [-0.3, -0.25) is 0 Å². The smallest absolute Gasteiger partial charge is 0.0923 e. The van der Waals surface area contributed by atoms with Gasteiger partial charge in [-0.15, -0.1) is 11.3 Å². The second-order valence-electron chi connectivity index (χ2n) is 3.48. The molecule has 0 aliphatic heterocycles. The van der Waals surface area contributed by atoms with Crippen molar-refractivity contribution in [3.63, 3.8) is 0 Å². The minimum atomic E-state index is -0.490. The molecule has 2 rings (SSSR count). The van der Waals surface area contributed by atoms with Crippen LogP contribution in [0.4, 0.5) is 0 Å². The molecular weight excluding hydrogens is 308 g/mol. The van der Waals surface area contributed by atoms with E-state index in [0.29, 0.717) is 11.4 Å². The van der Waals surface area contributed by atoms with Crippen molar-refractivity contribution in [2.45, 2.75) is 12.5 Å². The van der Waals surface area contributed by atoms with E-state index in [9.17, 15) is 5.11 Å². The van der Waals surface area contributed by atoms with Gasteiger partial charge in [0.25, 0.3) is 0 Å². The first kappa shape index (κ1) is 12.1. The molecule has 16 heavy (non-hydrogen) atoms. The summed E-state index contributed by atoms with van der Waals surface area (Å²) in [6.07, 6.45) is 0.0586. The SMILES string of the molecule is OC(Cc1ccccc1Cl)c1cc(Br)cs1. The maximum absolute atomic E-state index is 10.0. The molecule has 0 aliphatic rings. The van der Waals surface area contributed by atoms with E-state index in [1.165, 1.54) is 0 Å². The summed E-state index contributed by atoms with van der Waals surface area (Å²) >= 11 is 11.0. The van der Waals surface area contributed by atoms with Crippen LogP contribution in [0.3, 0.4) is 0 Å². The fourth-order valence-electron chi connectivity index (χ4n) is 1.48. The highest BCUT2D eigenvalue weighted by Gasteiger charge is 2.12. The third kappa shape index (κ3) is 2.86. The van der Waals surface area contributed by atoms with Crippen molar-refractivity contribution >= 4 is 38.9 Å². The number of hydrogen-bond donors (Lipinski definition) is 1. The molecule has 0 aliphatic carbocycles. The molecule has 0 saturated carbocycles. The van der Waals surface area contributed by atoms with Gasteiger partial charge in [-0.05, 0) is 33.6 Å². The topological polar surface area (TPSA) is 20.2 Å². The summed E-state index contributed by atoms with van der Waals surface area (Å²) in [5.74, 6) is 0. The lowest BCUT2D eigenvalue weighted by molar-refractivity contribution is 0.182. The van der Waals surface area contributed by atoms with Crippen molar-refractivity contribution in [3.8, 4) is 0 Å². The van der Waals surface area contributed by atoms with Crippen molar-refractivity contribution in [2.75, 3.05) is 0 Å². The summed E-state index contributed by atoms with van der Waals surface area (Å²) in [6.45, 7) is 0. The predicted octanol–water partition coefficient (Wildman–Crippen LogP) is 4.44. The minimum absolute atomic E-state index is 0.490. The van der Waals surface area contributed by atoms with E-state index in [1.807, 2.05) is 35.7 Å². The van der Waals surface area contributed by atoms with Crippen molar-refractivity contribution in [1.82, 2.24) is 0 Å². The Balaban J connectivity index is 2.13. The monoisotopic (exact) mass is 316 g/mol. The number of thiophene rings is 1. The van der Waals surface area contributed by atoms with Gasteiger partial charge >= 0.3 is 0 Å². The number of rotatable bonds is 3. The van der Waals surface area contributed by atoms with Gasteiger partial charge in [-0.1, -0.05) is 29.8 Å². The zero-order chi connectivity index (χ0) is 11.5.